The van der Waals surface area contributed by atoms with Crippen LogP contribution in [-0.2, 0) is 0 Å². The zero-order valence-corrected chi connectivity index (χ0v) is 15.7. The number of hydrogen-bond donors (Lipinski definition) is 1. The number of hydrogen-bond acceptors (Lipinski definition) is 7. The van der Waals surface area contributed by atoms with E-state index in [-0.39, 0.29) is 5.91 Å². The molecule has 0 saturated carbocycles. The second kappa shape index (κ2) is 6.76. The van der Waals surface area contributed by atoms with E-state index in [9.17, 15) is 4.79 Å². The van der Waals surface area contributed by atoms with Gasteiger partial charge in [0, 0.05) is 23.0 Å². The van der Waals surface area contributed by atoms with Crippen molar-refractivity contribution in [2.75, 3.05) is 12.4 Å². The van der Waals surface area contributed by atoms with Gasteiger partial charge in [0.05, 0.1) is 12.7 Å². The van der Waals surface area contributed by atoms with Crippen LogP contribution in [0.4, 0.5) is 5.13 Å². The molecule has 0 spiro atoms. The largest absolute Gasteiger partial charge is 0.496 e. The normalized spacial score (nSPS) is 10.9. The first-order valence-corrected chi connectivity index (χ1v) is 8.98. The first kappa shape index (κ1) is 17.1. The molecular weight excluding hydrogens is 364 g/mol. The number of aromatic nitrogens is 5. The topological polar surface area (TPSA) is 94.3 Å². The number of nitrogens with zero attached hydrogens (tertiary/aromatic N) is 5. The van der Waals surface area contributed by atoms with Gasteiger partial charge in [0.25, 0.3) is 5.91 Å². The van der Waals surface area contributed by atoms with Crippen LogP contribution in [-0.4, -0.2) is 37.8 Å². The number of methoxy groups -OCH3 is 1. The molecule has 9 heteroatoms. The summed E-state index contributed by atoms with van der Waals surface area (Å²) in [6, 6.07) is 9.42. The predicted molar refractivity (Wildman–Crippen MR) is 102 cm³/mol. The number of ether oxygens (including phenoxy) is 1. The van der Waals surface area contributed by atoms with Gasteiger partial charge in [-0.15, -0.1) is 14.8 Å². The molecule has 27 heavy (non-hydrogen) atoms. The molecule has 0 saturated heterocycles. The summed E-state index contributed by atoms with van der Waals surface area (Å²) in [5.41, 5.74) is 2.80. The lowest BCUT2D eigenvalue weighted by molar-refractivity contribution is 0.102. The van der Waals surface area contributed by atoms with E-state index in [4.69, 9.17) is 4.74 Å². The molecule has 0 fully saturated rings. The standard InChI is InChI=1S/C18H16N6O2S/c1-10-8-13(12-6-4-5-7-15(12)26-3)14(9-19-10)16(25)21-17-23-24-18(27-17)20-11(2)22-24/h4-9H,1-3H3,(H,21,23,25). The molecule has 8 nitrogen and oxygen atoms in total. The quantitative estimate of drug-likeness (QED) is 0.585. The minimum absolute atomic E-state index is 0.308. The summed E-state index contributed by atoms with van der Waals surface area (Å²) in [6.45, 7) is 3.67. The highest BCUT2D eigenvalue weighted by atomic mass is 32.1. The minimum Gasteiger partial charge on any atom is -0.496 e. The van der Waals surface area contributed by atoms with Gasteiger partial charge >= 0.3 is 0 Å². The van der Waals surface area contributed by atoms with Crippen LogP contribution in [0.5, 0.6) is 5.75 Å². The Morgan fingerprint density at radius 3 is 2.78 bits per heavy atom. The van der Waals surface area contributed by atoms with Crippen LogP contribution in [0.15, 0.2) is 36.5 Å². The molecule has 0 aliphatic rings. The van der Waals surface area contributed by atoms with E-state index in [2.05, 4.69) is 25.5 Å². The van der Waals surface area contributed by atoms with Gasteiger partial charge in [0.2, 0.25) is 10.1 Å². The van der Waals surface area contributed by atoms with Crippen LogP contribution in [0, 0.1) is 13.8 Å². The van der Waals surface area contributed by atoms with Crippen molar-refractivity contribution in [2.24, 2.45) is 0 Å². The average molecular weight is 380 g/mol. The summed E-state index contributed by atoms with van der Waals surface area (Å²) < 4.78 is 6.86. The number of fused-ring (bicyclic) bond motifs is 1. The Labute approximate surface area is 158 Å². The van der Waals surface area contributed by atoms with E-state index in [1.807, 2.05) is 37.3 Å². The second-order valence-electron chi connectivity index (χ2n) is 5.86. The van der Waals surface area contributed by atoms with E-state index >= 15 is 0 Å². The SMILES string of the molecule is COc1ccccc1-c1cc(C)ncc1C(=O)Nc1nn2nc(C)nc2s1. The smallest absolute Gasteiger partial charge is 0.259 e. The van der Waals surface area contributed by atoms with Crippen LogP contribution in [0.1, 0.15) is 21.9 Å². The predicted octanol–water partition coefficient (Wildman–Crippen LogP) is 3.13. The zero-order valence-electron chi connectivity index (χ0n) is 14.9. The monoisotopic (exact) mass is 380 g/mol. The molecule has 3 heterocycles. The van der Waals surface area contributed by atoms with E-state index in [0.29, 0.717) is 27.2 Å². The molecule has 4 aromatic rings. The summed E-state index contributed by atoms with van der Waals surface area (Å²) in [6.07, 6.45) is 1.56. The van der Waals surface area contributed by atoms with E-state index < -0.39 is 0 Å². The van der Waals surface area contributed by atoms with Crippen LogP contribution in [0.25, 0.3) is 16.1 Å². The molecule has 0 bridgehead atoms. The van der Waals surface area contributed by atoms with Gasteiger partial charge in [0.1, 0.15) is 5.75 Å². The van der Waals surface area contributed by atoms with Crippen molar-refractivity contribution < 1.29 is 9.53 Å². The summed E-state index contributed by atoms with van der Waals surface area (Å²) in [5.74, 6) is 1.01. The van der Waals surface area contributed by atoms with Crippen molar-refractivity contribution in [1.82, 2.24) is 24.8 Å². The maximum atomic E-state index is 12.9. The molecule has 0 atom stereocenters. The van der Waals surface area contributed by atoms with Gasteiger partial charge < -0.3 is 4.74 Å². The van der Waals surface area contributed by atoms with E-state index in [0.717, 1.165) is 16.8 Å². The summed E-state index contributed by atoms with van der Waals surface area (Å²) in [7, 11) is 1.60. The number of benzene rings is 1. The number of pyridine rings is 1. The zero-order chi connectivity index (χ0) is 19.0. The van der Waals surface area contributed by atoms with Crippen molar-refractivity contribution >= 4 is 27.3 Å². The highest BCUT2D eigenvalue weighted by Gasteiger charge is 2.18. The van der Waals surface area contributed by atoms with Crippen LogP contribution in [0.2, 0.25) is 0 Å². The van der Waals surface area contributed by atoms with Gasteiger partial charge in [0.15, 0.2) is 5.82 Å². The Balaban J connectivity index is 1.72. The molecule has 1 N–H and O–H groups in total. The first-order valence-electron chi connectivity index (χ1n) is 8.17. The molecule has 4 rings (SSSR count). The van der Waals surface area contributed by atoms with Gasteiger partial charge in [-0.1, -0.05) is 29.5 Å². The number of para-hydroxylation sites is 1. The molecule has 1 amide bonds. The number of rotatable bonds is 4. The number of aryl methyl sites for hydroxylation is 2. The highest BCUT2D eigenvalue weighted by molar-refractivity contribution is 7.20. The lowest BCUT2D eigenvalue weighted by atomic mass is 9.99. The number of anilines is 1. The number of carbonyl (C=O) groups excluding carboxylic acids is 1. The van der Waals surface area contributed by atoms with Gasteiger partial charge in [-0.25, -0.2) is 4.98 Å². The number of amides is 1. The van der Waals surface area contributed by atoms with Gasteiger partial charge in [-0.3, -0.25) is 15.1 Å². The lowest BCUT2D eigenvalue weighted by Gasteiger charge is -2.13. The van der Waals surface area contributed by atoms with Crippen molar-refractivity contribution in [2.45, 2.75) is 13.8 Å². The van der Waals surface area contributed by atoms with Crippen molar-refractivity contribution in [3.8, 4) is 16.9 Å². The summed E-state index contributed by atoms with van der Waals surface area (Å²) >= 11 is 1.25. The van der Waals surface area contributed by atoms with Gasteiger partial charge in [-0.05, 0) is 26.0 Å². The Morgan fingerprint density at radius 1 is 1.19 bits per heavy atom. The van der Waals surface area contributed by atoms with Crippen LogP contribution < -0.4 is 10.1 Å². The molecule has 0 aliphatic heterocycles. The fraction of sp³-hybridized carbons (Fsp3) is 0.167. The summed E-state index contributed by atoms with van der Waals surface area (Å²) in [4.78, 5) is 22.0. The molecule has 3 aromatic heterocycles. The third-order valence-electron chi connectivity index (χ3n) is 3.94. The molecule has 1 aromatic carbocycles. The summed E-state index contributed by atoms with van der Waals surface area (Å²) in [5, 5.41) is 11.6. The fourth-order valence-electron chi connectivity index (χ4n) is 2.75. The Morgan fingerprint density at radius 2 is 2.00 bits per heavy atom. The molecule has 0 radical (unpaired) electrons. The second-order valence-corrected chi connectivity index (χ2v) is 6.82. The maximum Gasteiger partial charge on any atom is 0.259 e. The lowest BCUT2D eigenvalue weighted by Crippen LogP contribution is -2.14. The van der Waals surface area contributed by atoms with Crippen molar-refractivity contribution in [1.29, 1.82) is 0 Å². The fourth-order valence-corrected chi connectivity index (χ4v) is 3.53. The van der Waals surface area contributed by atoms with E-state index in [1.54, 1.807) is 20.2 Å². The van der Waals surface area contributed by atoms with Crippen molar-refractivity contribution in [3.05, 3.63) is 53.6 Å². The van der Waals surface area contributed by atoms with Crippen LogP contribution in [0.3, 0.4) is 0 Å². The molecular formula is C18H16N6O2S. The average Bonchev–Trinajstić information content (AvgIpc) is 3.17. The van der Waals surface area contributed by atoms with Crippen LogP contribution >= 0.6 is 11.3 Å². The third-order valence-corrected chi connectivity index (χ3v) is 4.76. The van der Waals surface area contributed by atoms with Gasteiger partial charge in [-0.2, -0.15) is 0 Å². The highest BCUT2D eigenvalue weighted by Crippen LogP contribution is 2.33. The first-order chi connectivity index (χ1) is 13.0. The Bertz CT molecular complexity index is 1120. The maximum absolute atomic E-state index is 12.9. The molecule has 0 unspecified atom stereocenters. The Kier molecular flexibility index (Phi) is 4.28. The Hall–Kier alpha value is -3.33. The molecule has 136 valence electrons. The third kappa shape index (κ3) is 3.24. The minimum atomic E-state index is -0.308. The number of carbonyl (C=O) groups is 1. The molecule has 0 aliphatic carbocycles. The van der Waals surface area contributed by atoms with E-state index in [1.165, 1.54) is 16.0 Å². The van der Waals surface area contributed by atoms with Crippen molar-refractivity contribution in [3.63, 3.8) is 0 Å². The number of nitrogens with one attached hydrogen (secondary N) is 1.